The zero-order valence-corrected chi connectivity index (χ0v) is 15.2. The quantitative estimate of drug-likeness (QED) is 0.625. The molecule has 1 aromatic carbocycles. The van der Waals surface area contributed by atoms with Crippen molar-refractivity contribution in [3.8, 4) is 0 Å². The first kappa shape index (κ1) is 17.0. The van der Waals surface area contributed by atoms with Crippen molar-refractivity contribution in [1.29, 1.82) is 0 Å². The van der Waals surface area contributed by atoms with Gasteiger partial charge >= 0.3 is 5.97 Å². The summed E-state index contributed by atoms with van der Waals surface area (Å²) >= 11 is 1.43. The van der Waals surface area contributed by atoms with Gasteiger partial charge in [0.2, 0.25) is 0 Å². The summed E-state index contributed by atoms with van der Waals surface area (Å²) in [6.45, 7) is -0.157. The van der Waals surface area contributed by atoms with Crippen molar-refractivity contribution in [2.45, 2.75) is 49.0 Å². The maximum Gasteiger partial charge on any atom is 0.316 e. The molecule has 4 aliphatic carbocycles. The first-order chi connectivity index (χ1) is 12.1. The van der Waals surface area contributed by atoms with Crippen LogP contribution < -0.4 is 5.32 Å². The van der Waals surface area contributed by atoms with Crippen LogP contribution in [0.15, 0.2) is 35.2 Å². The average molecular weight is 359 g/mol. The van der Waals surface area contributed by atoms with Crippen LogP contribution in [0.4, 0.5) is 0 Å². The van der Waals surface area contributed by atoms with E-state index in [1.54, 1.807) is 0 Å². The Kier molecular flexibility index (Phi) is 4.76. The minimum Gasteiger partial charge on any atom is -0.455 e. The topological polar surface area (TPSA) is 55.4 Å². The van der Waals surface area contributed by atoms with Crippen LogP contribution in [0.3, 0.4) is 0 Å². The van der Waals surface area contributed by atoms with Crippen molar-refractivity contribution < 1.29 is 14.3 Å². The fraction of sp³-hybridized carbons (Fsp3) is 0.600. The molecule has 0 atom stereocenters. The molecule has 1 N–H and O–H groups in total. The van der Waals surface area contributed by atoms with E-state index in [1.807, 2.05) is 30.3 Å². The Labute approximate surface area is 153 Å². The highest BCUT2D eigenvalue weighted by molar-refractivity contribution is 8.00. The van der Waals surface area contributed by atoms with Crippen LogP contribution in [0.25, 0.3) is 0 Å². The fourth-order valence-corrected chi connectivity index (χ4v) is 6.16. The van der Waals surface area contributed by atoms with Gasteiger partial charge in [-0.15, -0.1) is 11.8 Å². The monoisotopic (exact) mass is 359 g/mol. The van der Waals surface area contributed by atoms with Gasteiger partial charge in [0.15, 0.2) is 6.61 Å². The van der Waals surface area contributed by atoms with Crippen molar-refractivity contribution in [2.24, 2.45) is 17.8 Å². The number of hydrogen-bond donors (Lipinski definition) is 1. The van der Waals surface area contributed by atoms with Gasteiger partial charge in [-0.1, -0.05) is 18.2 Å². The summed E-state index contributed by atoms with van der Waals surface area (Å²) in [6.07, 6.45) is 7.39. The van der Waals surface area contributed by atoms with Crippen LogP contribution >= 0.6 is 11.8 Å². The molecule has 25 heavy (non-hydrogen) atoms. The average Bonchev–Trinajstić information content (AvgIpc) is 2.57. The van der Waals surface area contributed by atoms with Gasteiger partial charge in [-0.05, 0) is 68.4 Å². The number of ether oxygens (including phenoxy) is 1. The molecule has 1 amide bonds. The van der Waals surface area contributed by atoms with E-state index < -0.39 is 0 Å². The molecule has 0 radical (unpaired) electrons. The van der Waals surface area contributed by atoms with Gasteiger partial charge in [0.1, 0.15) is 0 Å². The minimum atomic E-state index is -0.338. The summed E-state index contributed by atoms with van der Waals surface area (Å²) in [5.74, 6) is 2.12. The number of hydrogen-bond acceptors (Lipinski definition) is 4. The first-order valence-electron chi connectivity index (χ1n) is 9.25. The molecule has 0 aromatic heterocycles. The molecule has 4 aliphatic rings. The molecule has 0 saturated heterocycles. The largest absolute Gasteiger partial charge is 0.455 e. The number of thioether (sulfide) groups is 1. The summed E-state index contributed by atoms with van der Waals surface area (Å²) < 4.78 is 5.17. The fourth-order valence-electron chi connectivity index (χ4n) is 5.44. The summed E-state index contributed by atoms with van der Waals surface area (Å²) in [6, 6.07) is 9.73. The third kappa shape index (κ3) is 4.02. The number of carbonyl (C=O) groups excluding carboxylic acids is 2. The highest BCUT2D eigenvalue weighted by Crippen LogP contribution is 2.55. The Morgan fingerprint density at radius 2 is 1.64 bits per heavy atom. The first-order valence-corrected chi connectivity index (χ1v) is 10.2. The van der Waals surface area contributed by atoms with Crippen LogP contribution in [0.1, 0.15) is 38.5 Å². The highest BCUT2D eigenvalue weighted by atomic mass is 32.2. The van der Waals surface area contributed by atoms with Crippen molar-refractivity contribution in [3.05, 3.63) is 30.3 Å². The summed E-state index contributed by atoms with van der Waals surface area (Å²) in [4.78, 5) is 25.2. The molecular weight excluding hydrogens is 334 g/mol. The Morgan fingerprint density at radius 3 is 2.24 bits per heavy atom. The van der Waals surface area contributed by atoms with Gasteiger partial charge in [-0.3, -0.25) is 9.59 Å². The van der Waals surface area contributed by atoms with Crippen LogP contribution in [0, 0.1) is 17.8 Å². The Balaban J connectivity index is 1.22. The molecule has 4 nitrogen and oxygen atoms in total. The maximum atomic E-state index is 12.3. The second-order valence-corrected chi connectivity index (χ2v) is 9.06. The lowest BCUT2D eigenvalue weighted by atomic mass is 9.53. The predicted octanol–water partition coefficient (Wildman–Crippen LogP) is 3.41. The third-order valence-corrected chi connectivity index (χ3v) is 6.89. The molecule has 0 aliphatic heterocycles. The second-order valence-electron chi connectivity index (χ2n) is 8.01. The Hall–Kier alpha value is -1.49. The van der Waals surface area contributed by atoms with Crippen LogP contribution in [0.5, 0.6) is 0 Å². The van der Waals surface area contributed by atoms with E-state index >= 15 is 0 Å². The van der Waals surface area contributed by atoms with Crippen LogP contribution in [-0.2, 0) is 14.3 Å². The predicted molar refractivity (Wildman–Crippen MR) is 97.2 cm³/mol. The lowest BCUT2D eigenvalue weighted by molar-refractivity contribution is -0.147. The van der Waals surface area contributed by atoms with Crippen molar-refractivity contribution in [3.63, 3.8) is 0 Å². The zero-order valence-electron chi connectivity index (χ0n) is 14.4. The third-order valence-electron chi connectivity index (χ3n) is 5.91. The van der Waals surface area contributed by atoms with Gasteiger partial charge in [0.25, 0.3) is 5.91 Å². The SMILES string of the molecule is O=C(COC(=O)CSc1ccccc1)NC12CC3CC(CC(C3)C1)C2. The van der Waals surface area contributed by atoms with Crippen molar-refractivity contribution in [2.75, 3.05) is 12.4 Å². The van der Waals surface area contributed by atoms with Crippen molar-refractivity contribution >= 4 is 23.6 Å². The molecule has 0 unspecified atom stereocenters. The van der Waals surface area contributed by atoms with Gasteiger partial charge in [0.05, 0.1) is 5.75 Å². The number of carbonyl (C=O) groups is 2. The van der Waals surface area contributed by atoms with E-state index in [9.17, 15) is 9.59 Å². The standard InChI is InChI=1S/C20H25NO3S/c22-18(12-24-19(23)13-25-17-4-2-1-3-5-17)21-20-9-14-6-15(10-20)8-16(7-14)11-20/h1-5,14-16H,6-13H2,(H,21,22). The number of esters is 1. The number of benzene rings is 1. The minimum absolute atomic E-state index is 0.0168. The molecule has 134 valence electrons. The Morgan fingerprint density at radius 1 is 1.04 bits per heavy atom. The van der Waals surface area contributed by atoms with Crippen molar-refractivity contribution in [1.82, 2.24) is 5.32 Å². The van der Waals surface area contributed by atoms with E-state index in [2.05, 4.69) is 5.32 Å². The number of amides is 1. The normalized spacial score (nSPS) is 32.4. The van der Waals surface area contributed by atoms with Crippen LogP contribution in [-0.4, -0.2) is 29.8 Å². The number of rotatable bonds is 6. The van der Waals surface area contributed by atoms with Gasteiger partial charge in [-0.2, -0.15) is 0 Å². The highest BCUT2D eigenvalue weighted by Gasteiger charge is 2.51. The zero-order chi connectivity index (χ0) is 17.3. The molecule has 4 fully saturated rings. The lowest BCUT2D eigenvalue weighted by Gasteiger charge is -2.56. The molecule has 4 saturated carbocycles. The van der Waals surface area contributed by atoms with E-state index in [4.69, 9.17) is 4.74 Å². The summed E-state index contributed by atoms with van der Waals surface area (Å²) in [5, 5.41) is 3.23. The lowest BCUT2D eigenvalue weighted by Crippen LogP contribution is -2.60. The van der Waals surface area contributed by atoms with E-state index in [0.717, 1.165) is 41.9 Å². The molecule has 1 aromatic rings. The number of nitrogens with one attached hydrogen (secondary N) is 1. The molecule has 0 heterocycles. The summed E-state index contributed by atoms with van der Waals surface area (Å²) in [5.41, 5.74) is -0.0168. The molecule has 5 heteroatoms. The summed E-state index contributed by atoms with van der Waals surface area (Å²) in [7, 11) is 0. The second kappa shape index (κ2) is 7.02. The van der Waals surface area contributed by atoms with E-state index in [1.165, 1.54) is 31.0 Å². The van der Waals surface area contributed by atoms with E-state index in [-0.39, 0.29) is 29.8 Å². The van der Waals surface area contributed by atoms with E-state index in [0.29, 0.717) is 0 Å². The molecular formula is C20H25NO3S. The van der Waals surface area contributed by atoms with Crippen LogP contribution in [0.2, 0.25) is 0 Å². The smallest absolute Gasteiger partial charge is 0.316 e. The molecule has 4 bridgehead atoms. The van der Waals surface area contributed by atoms with Gasteiger partial charge in [-0.25, -0.2) is 0 Å². The molecule has 0 spiro atoms. The van der Waals surface area contributed by atoms with Gasteiger partial charge < -0.3 is 10.1 Å². The Bertz CT molecular complexity index is 610. The molecule has 5 rings (SSSR count). The maximum absolute atomic E-state index is 12.3. The van der Waals surface area contributed by atoms with Gasteiger partial charge in [0, 0.05) is 10.4 Å².